The number of methoxy groups -OCH3 is 1. The van der Waals surface area contributed by atoms with Gasteiger partial charge in [-0.25, -0.2) is 0 Å². The number of benzene rings is 1. The first-order valence-electron chi connectivity index (χ1n) is 6.32. The SMILES string of the molecule is COCC(N)C(=O)N(CCN(C)C)c1ccccc1. The Morgan fingerprint density at radius 1 is 1.26 bits per heavy atom. The molecule has 1 unspecified atom stereocenters. The van der Waals surface area contributed by atoms with Gasteiger partial charge in [-0.3, -0.25) is 4.79 Å². The van der Waals surface area contributed by atoms with E-state index < -0.39 is 6.04 Å². The van der Waals surface area contributed by atoms with Gasteiger partial charge in [0.1, 0.15) is 6.04 Å². The molecule has 0 aliphatic carbocycles. The number of carbonyl (C=O) groups excluding carboxylic acids is 1. The Morgan fingerprint density at radius 2 is 1.89 bits per heavy atom. The maximum atomic E-state index is 12.3. The summed E-state index contributed by atoms with van der Waals surface area (Å²) in [5.41, 5.74) is 6.70. The van der Waals surface area contributed by atoms with E-state index in [0.717, 1.165) is 12.2 Å². The van der Waals surface area contributed by atoms with Crippen LogP contribution < -0.4 is 10.6 Å². The minimum atomic E-state index is -0.632. The highest BCUT2D eigenvalue weighted by molar-refractivity contribution is 5.97. The third-order valence-electron chi connectivity index (χ3n) is 2.77. The van der Waals surface area contributed by atoms with Gasteiger partial charge in [0.05, 0.1) is 6.61 Å². The number of ether oxygens (including phenoxy) is 1. The van der Waals surface area contributed by atoms with Crippen molar-refractivity contribution in [2.75, 3.05) is 45.8 Å². The number of likely N-dealkylation sites (N-methyl/N-ethyl adjacent to an activating group) is 1. The van der Waals surface area contributed by atoms with Crippen LogP contribution in [0.2, 0.25) is 0 Å². The lowest BCUT2D eigenvalue weighted by Crippen LogP contribution is -2.48. The molecule has 0 heterocycles. The normalized spacial score (nSPS) is 12.5. The molecule has 2 N–H and O–H groups in total. The number of amides is 1. The number of nitrogens with zero attached hydrogens (tertiary/aromatic N) is 2. The molecule has 0 saturated heterocycles. The maximum absolute atomic E-state index is 12.3. The molecule has 0 spiro atoms. The highest BCUT2D eigenvalue weighted by atomic mass is 16.5. The van der Waals surface area contributed by atoms with Crippen LogP contribution in [-0.4, -0.2) is 57.8 Å². The van der Waals surface area contributed by atoms with Crippen molar-refractivity contribution in [3.8, 4) is 0 Å². The van der Waals surface area contributed by atoms with Gasteiger partial charge < -0.3 is 20.3 Å². The van der Waals surface area contributed by atoms with Gasteiger partial charge in [0, 0.05) is 25.9 Å². The number of hydrogen-bond acceptors (Lipinski definition) is 4. The summed E-state index contributed by atoms with van der Waals surface area (Å²) in [6.45, 7) is 1.61. The fraction of sp³-hybridized carbons (Fsp3) is 0.500. The topological polar surface area (TPSA) is 58.8 Å². The van der Waals surface area contributed by atoms with Crippen molar-refractivity contribution in [1.82, 2.24) is 4.90 Å². The van der Waals surface area contributed by atoms with Crippen LogP contribution in [0.15, 0.2) is 30.3 Å². The second kappa shape index (κ2) is 7.89. The molecule has 1 atom stereocenters. The van der Waals surface area contributed by atoms with Crippen molar-refractivity contribution < 1.29 is 9.53 Å². The smallest absolute Gasteiger partial charge is 0.246 e. The lowest BCUT2D eigenvalue weighted by atomic mass is 10.2. The molecule has 1 amide bonds. The van der Waals surface area contributed by atoms with Crippen LogP contribution in [0, 0.1) is 0 Å². The molecular weight excluding hydrogens is 242 g/mol. The zero-order valence-electron chi connectivity index (χ0n) is 11.9. The van der Waals surface area contributed by atoms with Crippen LogP contribution in [0.3, 0.4) is 0 Å². The fourth-order valence-electron chi connectivity index (χ4n) is 1.73. The van der Waals surface area contributed by atoms with Gasteiger partial charge in [0.15, 0.2) is 0 Å². The highest BCUT2D eigenvalue weighted by Crippen LogP contribution is 2.14. The van der Waals surface area contributed by atoms with Crippen LogP contribution in [0.1, 0.15) is 0 Å². The Labute approximate surface area is 114 Å². The zero-order valence-corrected chi connectivity index (χ0v) is 11.9. The van der Waals surface area contributed by atoms with Gasteiger partial charge >= 0.3 is 0 Å². The second-order valence-electron chi connectivity index (χ2n) is 4.69. The van der Waals surface area contributed by atoms with Gasteiger partial charge in [-0.15, -0.1) is 0 Å². The van der Waals surface area contributed by atoms with Gasteiger partial charge in [-0.1, -0.05) is 18.2 Å². The Hall–Kier alpha value is -1.43. The van der Waals surface area contributed by atoms with Crippen molar-refractivity contribution in [2.45, 2.75) is 6.04 Å². The number of carbonyl (C=O) groups is 1. The van der Waals surface area contributed by atoms with E-state index in [1.807, 2.05) is 49.3 Å². The number of para-hydroxylation sites is 1. The van der Waals surface area contributed by atoms with Crippen molar-refractivity contribution >= 4 is 11.6 Å². The van der Waals surface area contributed by atoms with E-state index in [1.54, 1.807) is 12.0 Å². The van der Waals surface area contributed by atoms with Crippen LogP contribution in [-0.2, 0) is 9.53 Å². The summed E-state index contributed by atoms with van der Waals surface area (Å²) in [7, 11) is 5.49. The summed E-state index contributed by atoms with van der Waals surface area (Å²) in [5.74, 6) is -0.116. The molecule has 0 bridgehead atoms. The van der Waals surface area contributed by atoms with E-state index in [1.165, 1.54) is 0 Å². The largest absolute Gasteiger partial charge is 0.383 e. The molecule has 1 rings (SSSR count). The van der Waals surface area contributed by atoms with Gasteiger partial charge in [0.25, 0.3) is 0 Å². The number of rotatable bonds is 7. The molecule has 0 radical (unpaired) electrons. The summed E-state index contributed by atoms with van der Waals surface area (Å²) in [6, 6.07) is 8.93. The second-order valence-corrected chi connectivity index (χ2v) is 4.69. The fourth-order valence-corrected chi connectivity index (χ4v) is 1.73. The molecular formula is C14H23N3O2. The average molecular weight is 265 g/mol. The molecule has 0 aromatic heterocycles. The van der Waals surface area contributed by atoms with E-state index >= 15 is 0 Å². The Balaban J connectivity index is 2.83. The summed E-state index contributed by atoms with van der Waals surface area (Å²) in [5, 5.41) is 0. The minimum absolute atomic E-state index is 0.116. The molecule has 0 aliphatic heterocycles. The lowest BCUT2D eigenvalue weighted by Gasteiger charge is -2.27. The van der Waals surface area contributed by atoms with Crippen LogP contribution in [0.4, 0.5) is 5.69 Å². The molecule has 0 fully saturated rings. The molecule has 1 aromatic carbocycles. The summed E-state index contributed by atoms with van der Waals surface area (Å²) >= 11 is 0. The van der Waals surface area contributed by atoms with Gasteiger partial charge in [-0.05, 0) is 26.2 Å². The predicted octanol–water partition coefficient (Wildman–Crippen LogP) is 0.555. The first kappa shape index (κ1) is 15.6. The van der Waals surface area contributed by atoms with Gasteiger partial charge in [-0.2, -0.15) is 0 Å². The van der Waals surface area contributed by atoms with Gasteiger partial charge in [0.2, 0.25) is 5.91 Å². The molecule has 0 saturated carbocycles. The molecule has 5 nitrogen and oxygen atoms in total. The van der Waals surface area contributed by atoms with E-state index in [-0.39, 0.29) is 12.5 Å². The number of nitrogens with two attached hydrogens (primary N) is 1. The number of hydrogen-bond donors (Lipinski definition) is 1. The van der Waals surface area contributed by atoms with Crippen molar-refractivity contribution in [2.24, 2.45) is 5.73 Å². The monoisotopic (exact) mass is 265 g/mol. The van der Waals surface area contributed by atoms with E-state index in [2.05, 4.69) is 0 Å². The molecule has 106 valence electrons. The third kappa shape index (κ3) is 4.98. The van der Waals surface area contributed by atoms with E-state index in [9.17, 15) is 4.79 Å². The molecule has 19 heavy (non-hydrogen) atoms. The van der Waals surface area contributed by atoms with Crippen LogP contribution in [0.5, 0.6) is 0 Å². The molecule has 5 heteroatoms. The lowest BCUT2D eigenvalue weighted by molar-refractivity contribution is -0.120. The van der Waals surface area contributed by atoms with Crippen molar-refractivity contribution in [3.05, 3.63) is 30.3 Å². The van der Waals surface area contributed by atoms with Crippen LogP contribution >= 0.6 is 0 Å². The first-order valence-corrected chi connectivity index (χ1v) is 6.32. The predicted molar refractivity (Wildman–Crippen MR) is 77.2 cm³/mol. The summed E-state index contributed by atoms with van der Waals surface area (Å²) in [6.07, 6.45) is 0. The standard InChI is InChI=1S/C14H23N3O2/c1-16(2)9-10-17(12-7-5-4-6-8-12)14(18)13(15)11-19-3/h4-8,13H,9-11,15H2,1-3H3. The Bertz CT molecular complexity index is 382. The third-order valence-corrected chi connectivity index (χ3v) is 2.77. The zero-order chi connectivity index (χ0) is 14.3. The van der Waals surface area contributed by atoms with Crippen molar-refractivity contribution in [3.63, 3.8) is 0 Å². The van der Waals surface area contributed by atoms with E-state index in [0.29, 0.717) is 6.54 Å². The summed E-state index contributed by atoms with van der Waals surface area (Å²) in [4.78, 5) is 16.1. The minimum Gasteiger partial charge on any atom is -0.383 e. The first-order chi connectivity index (χ1) is 9.06. The Kier molecular flexibility index (Phi) is 6.49. The number of anilines is 1. The highest BCUT2D eigenvalue weighted by Gasteiger charge is 2.22. The Morgan fingerprint density at radius 3 is 2.42 bits per heavy atom. The average Bonchev–Trinajstić information content (AvgIpc) is 2.40. The van der Waals surface area contributed by atoms with E-state index in [4.69, 9.17) is 10.5 Å². The quantitative estimate of drug-likeness (QED) is 0.782. The maximum Gasteiger partial charge on any atom is 0.246 e. The van der Waals surface area contributed by atoms with Crippen molar-refractivity contribution in [1.29, 1.82) is 0 Å². The van der Waals surface area contributed by atoms with Crippen LogP contribution in [0.25, 0.3) is 0 Å². The summed E-state index contributed by atoms with van der Waals surface area (Å²) < 4.78 is 4.95. The molecule has 1 aromatic rings. The molecule has 0 aliphatic rings.